The van der Waals surface area contributed by atoms with Gasteiger partial charge in [0.15, 0.2) is 0 Å². The van der Waals surface area contributed by atoms with Gasteiger partial charge in [0.25, 0.3) is 0 Å². The lowest BCUT2D eigenvalue weighted by Gasteiger charge is -2.13. The van der Waals surface area contributed by atoms with Crippen LogP contribution in [-0.2, 0) is 0 Å². The van der Waals surface area contributed by atoms with Crippen LogP contribution in [0.3, 0.4) is 0 Å². The fourth-order valence-corrected chi connectivity index (χ4v) is 2.25. The predicted molar refractivity (Wildman–Crippen MR) is 84.4 cm³/mol. The van der Waals surface area contributed by atoms with Crippen molar-refractivity contribution in [1.82, 2.24) is 0 Å². The van der Waals surface area contributed by atoms with Gasteiger partial charge in [-0.2, -0.15) is 0 Å². The van der Waals surface area contributed by atoms with Crippen molar-refractivity contribution < 1.29 is 4.39 Å². The van der Waals surface area contributed by atoms with Crippen LogP contribution in [0.4, 0.5) is 15.8 Å². The first-order valence-electron chi connectivity index (χ1n) is 5.60. The molecular formula is C14H12BrFN2S. The smallest absolute Gasteiger partial charge is 0.124 e. The maximum atomic E-state index is 13.2. The van der Waals surface area contributed by atoms with Crippen LogP contribution in [0, 0.1) is 12.7 Å². The molecule has 0 aliphatic rings. The number of thiocarbonyl (C=S) groups is 1. The third kappa shape index (κ3) is 3.11. The minimum Gasteiger partial charge on any atom is -0.389 e. The highest BCUT2D eigenvalue weighted by Gasteiger charge is 2.09. The Morgan fingerprint density at radius 1 is 1.26 bits per heavy atom. The normalized spacial score (nSPS) is 10.3. The van der Waals surface area contributed by atoms with Gasteiger partial charge in [0.05, 0.1) is 5.69 Å². The maximum Gasteiger partial charge on any atom is 0.124 e. The third-order valence-corrected chi connectivity index (χ3v) is 3.98. The molecule has 5 heteroatoms. The summed E-state index contributed by atoms with van der Waals surface area (Å²) in [5.41, 5.74) is 8.77. The number of hydrogen-bond donors (Lipinski definition) is 2. The Bertz CT molecular complexity index is 643. The molecule has 0 aliphatic carbocycles. The van der Waals surface area contributed by atoms with Crippen LogP contribution in [0.5, 0.6) is 0 Å². The molecule has 0 unspecified atom stereocenters. The van der Waals surface area contributed by atoms with E-state index in [0.29, 0.717) is 11.3 Å². The number of rotatable bonds is 3. The molecule has 0 aromatic heterocycles. The number of nitrogens with one attached hydrogen (secondary N) is 1. The van der Waals surface area contributed by atoms with Gasteiger partial charge >= 0.3 is 0 Å². The van der Waals surface area contributed by atoms with Crippen molar-refractivity contribution in [3.05, 3.63) is 57.8 Å². The average Bonchev–Trinajstić information content (AvgIpc) is 2.36. The Hall–Kier alpha value is -1.46. The second kappa shape index (κ2) is 5.67. The van der Waals surface area contributed by atoms with Gasteiger partial charge in [-0.3, -0.25) is 0 Å². The summed E-state index contributed by atoms with van der Waals surface area (Å²) in [6.45, 7) is 1.99. The fourth-order valence-electron chi connectivity index (χ4n) is 1.72. The first kappa shape index (κ1) is 14.0. The van der Waals surface area contributed by atoms with Gasteiger partial charge in [-0.1, -0.05) is 24.4 Å². The molecule has 98 valence electrons. The van der Waals surface area contributed by atoms with E-state index in [2.05, 4.69) is 21.2 Å². The van der Waals surface area contributed by atoms with E-state index >= 15 is 0 Å². The number of hydrogen-bond acceptors (Lipinski definition) is 2. The zero-order valence-electron chi connectivity index (χ0n) is 10.2. The van der Waals surface area contributed by atoms with E-state index in [9.17, 15) is 4.39 Å². The van der Waals surface area contributed by atoms with Crippen LogP contribution < -0.4 is 11.1 Å². The van der Waals surface area contributed by atoms with Crippen molar-refractivity contribution in [3.63, 3.8) is 0 Å². The quantitative estimate of drug-likeness (QED) is 0.820. The van der Waals surface area contributed by atoms with Gasteiger partial charge in [0.2, 0.25) is 0 Å². The molecule has 0 fully saturated rings. The van der Waals surface area contributed by atoms with Gasteiger partial charge in [-0.15, -0.1) is 0 Å². The van der Waals surface area contributed by atoms with Gasteiger partial charge in [0.1, 0.15) is 10.8 Å². The monoisotopic (exact) mass is 338 g/mol. The van der Waals surface area contributed by atoms with Crippen molar-refractivity contribution in [3.8, 4) is 0 Å². The Morgan fingerprint density at radius 2 is 2.00 bits per heavy atom. The summed E-state index contributed by atoms with van der Waals surface area (Å²) < 4.78 is 14.2. The molecule has 0 atom stereocenters. The van der Waals surface area contributed by atoms with E-state index in [1.165, 1.54) is 12.1 Å². The van der Waals surface area contributed by atoms with Crippen LogP contribution in [0.15, 0.2) is 40.9 Å². The van der Waals surface area contributed by atoms with Crippen molar-refractivity contribution >= 4 is 44.5 Å². The first-order chi connectivity index (χ1) is 8.99. The Morgan fingerprint density at radius 3 is 2.68 bits per heavy atom. The standard InChI is InChI=1S/C14H12BrFN2S/c1-8-3-2-4-12(13(8)15)18-11-6-5-9(16)7-10(11)14(17)19/h2-7,18H,1H3,(H2,17,19). The van der Waals surface area contributed by atoms with Crippen LogP contribution in [0.2, 0.25) is 0 Å². The molecule has 2 nitrogen and oxygen atoms in total. The number of anilines is 2. The van der Waals surface area contributed by atoms with Gasteiger partial charge < -0.3 is 11.1 Å². The molecule has 0 heterocycles. The summed E-state index contributed by atoms with van der Waals surface area (Å²) in [5, 5.41) is 3.21. The Balaban J connectivity index is 2.44. The van der Waals surface area contributed by atoms with Crippen LogP contribution >= 0.6 is 28.1 Å². The lowest BCUT2D eigenvalue weighted by Crippen LogP contribution is -2.12. The summed E-state index contributed by atoms with van der Waals surface area (Å²) in [5.74, 6) is -0.364. The molecule has 0 aliphatic heterocycles. The summed E-state index contributed by atoms with van der Waals surface area (Å²) in [7, 11) is 0. The van der Waals surface area contributed by atoms with E-state index in [-0.39, 0.29) is 10.8 Å². The largest absolute Gasteiger partial charge is 0.389 e. The van der Waals surface area contributed by atoms with E-state index in [1.54, 1.807) is 6.07 Å². The van der Waals surface area contributed by atoms with Crippen molar-refractivity contribution in [2.45, 2.75) is 6.92 Å². The molecule has 0 saturated heterocycles. The SMILES string of the molecule is Cc1cccc(Nc2ccc(F)cc2C(N)=S)c1Br. The molecule has 0 radical (unpaired) electrons. The molecule has 19 heavy (non-hydrogen) atoms. The van der Waals surface area contributed by atoms with Gasteiger partial charge in [-0.05, 0) is 52.7 Å². The lowest BCUT2D eigenvalue weighted by atomic mass is 10.1. The third-order valence-electron chi connectivity index (χ3n) is 2.71. The fraction of sp³-hybridized carbons (Fsp3) is 0.0714. The summed E-state index contributed by atoms with van der Waals surface area (Å²) in [6, 6.07) is 10.2. The molecule has 0 amide bonds. The molecular weight excluding hydrogens is 327 g/mol. The van der Waals surface area contributed by atoms with Crippen molar-refractivity contribution in [2.75, 3.05) is 5.32 Å². The Kier molecular flexibility index (Phi) is 4.17. The van der Waals surface area contributed by atoms with Crippen molar-refractivity contribution in [2.24, 2.45) is 5.73 Å². The molecule has 3 N–H and O–H groups in total. The minimum atomic E-state index is -0.364. The molecule has 0 bridgehead atoms. The van der Waals surface area contributed by atoms with E-state index in [4.69, 9.17) is 18.0 Å². The minimum absolute atomic E-state index is 0.158. The summed E-state index contributed by atoms with van der Waals surface area (Å²) >= 11 is 8.46. The second-order valence-electron chi connectivity index (χ2n) is 4.12. The van der Waals surface area contributed by atoms with E-state index in [0.717, 1.165) is 15.7 Å². The summed E-state index contributed by atoms with van der Waals surface area (Å²) in [4.78, 5) is 0.158. The number of benzene rings is 2. The average molecular weight is 339 g/mol. The zero-order chi connectivity index (χ0) is 14.0. The van der Waals surface area contributed by atoms with Crippen molar-refractivity contribution in [1.29, 1.82) is 0 Å². The lowest BCUT2D eigenvalue weighted by molar-refractivity contribution is 0.628. The topological polar surface area (TPSA) is 38.0 Å². The molecule has 0 spiro atoms. The summed E-state index contributed by atoms with van der Waals surface area (Å²) in [6.07, 6.45) is 0. The molecule has 0 saturated carbocycles. The van der Waals surface area contributed by atoms with Gasteiger partial charge in [-0.25, -0.2) is 4.39 Å². The highest BCUT2D eigenvalue weighted by atomic mass is 79.9. The maximum absolute atomic E-state index is 13.2. The number of nitrogens with two attached hydrogens (primary N) is 1. The number of aryl methyl sites for hydroxylation is 1. The first-order valence-corrected chi connectivity index (χ1v) is 6.80. The number of halogens is 2. The highest BCUT2D eigenvalue weighted by Crippen LogP contribution is 2.30. The zero-order valence-corrected chi connectivity index (χ0v) is 12.6. The molecule has 2 aromatic carbocycles. The van der Waals surface area contributed by atoms with Crippen LogP contribution in [0.25, 0.3) is 0 Å². The van der Waals surface area contributed by atoms with Crippen LogP contribution in [-0.4, -0.2) is 4.99 Å². The molecule has 2 rings (SSSR count). The second-order valence-corrected chi connectivity index (χ2v) is 5.35. The Labute approximate surface area is 124 Å². The highest BCUT2D eigenvalue weighted by molar-refractivity contribution is 9.10. The molecule has 2 aromatic rings. The predicted octanol–water partition coefficient (Wildman–Crippen LogP) is 4.27. The van der Waals surface area contributed by atoms with E-state index < -0.39 is 0 Å². The van der Waals surface area contributed by atoms with E-state index in [1.807, 2.05) is 25.1 Å². The van der Waals surface area contributed by atoms with Gasteiger partial charge in [0, 0.05) is 15.7 Å². The van der Waals surface area contributed by atoms with Crippen LogP contribution in [0.1, 0.15) is 11.1 Å².